The van der Waals surface area contributed by atoms with Crippen molar-refractivity contribution in [3.63, 3.8) is 0 Å². The van der Waals surface area contributed by atoms with Crippen LogP contribution >= 0.6 is 15.9 Å². The van der Waals surface area contributed by atoms with Crippen LogP contribution in [0.1, 0.15) is 27.8 Å². The van der Waals surface area contributed by atoms with Gasteiger partial charge in [-0.25, -0.2) is 0 Å². The number of carbonyl (C=O) groups is 1. The van der Waals surface area contributed by atoms with E-state index in [1.807, 2.05) is 27.7 Å². The maximum atomic E-state index is 10.8. The van der Waals surface area contributed by atoms with Gasteiger partial charge < -0.3 is 5.11 Å². The standard InChI is InChI=1S/C12H15BrO2/c1-6-8(3)12(13)9(4)7(2)10(6)5-11(14)15/h5H2,1-4H3,(H,14,15). The Kier molecular flexibility index (Phi) is 3.55. The van der Waals surface area contributed by atoms with Crippen molar-refractivity contribution in [1.82, 2.24) is 0 Å². The monoisotopic (exact) mass is 270 g/mol. The van der Waals surface area contributed by atoms with Gasteiger partial charge in [-0.2, -0.15) is 0 Å². The summed E-state index contributed by atoms with van der Waals surface area (Å²) in [7, 11) is 0. The second kappa shape index (κ2) is 4.35. The van der Waals surface area contributed by atoms with E-state index in [4.69, 9.17) is 5.11 Å². The van der Waals surface area contributed by atoms with Crippen LogP contribution in [0, 0.1) is 27.7 Å². The molecular weight excluding hydrogens is 256 g/mol. The van der Waals surface area contributed by atoms with Crippen molar-refractivity contribution in [2.45, 2.75) is 34.1 Å². The predicted octanol–water partition coefficient (Wildman–Crippen LogP) is 3.31. The second-order valence-electron chi connectivity index (χ2n) is 3.86. The minimum Gasteiger partial charge on any atom is -0.481 e. The number of benzene rings is 1. The highest BCUT2D eigenvalue weighted by Gasteiger charge is 2.14. The second-order valence-corrected chi connectivity index (χ2v) is 4.66. The minimum atomic E-state index is -0.776. The fraction of sp³-hybridized carbons (Fsp3) is 0.417. The largest absolute Gasteiger partial charge is 0.481 e. The van der Waals surface area contributed by atoms with Crippen LogP contribution in [-0.2, 0) is 11.2 Å². The van der Waals surface area contributed by atoms with Gasteiger partial charge in [-0.1, -0.05) is 15.9 Å². The van der Waals surface area contributed by atoms with Crippen molar-refractivity contribution >= 4 is 21.9 Å². The molecule has 0 aliphatic rings. The lowest BCUT2D eigenvalue weighted by Gasteiger charge is -2.16. The van der Waals surface area contributed by atoms with E-state index in [9.17, 15) is 4.79 Å². The maximum absolute atomic E-state index is 10.8. The van der Waals surface area contributed by atoms with Crippen molar-refractivity contribution in [2.75, 3.05) is 0 Å². The van der Waals surface area contributed by atoms with E-state index in [0.717, 1.165) is 32.3 Å². The van der Waals surface area contributed by atoms with E-state index in [1.54, 1.807) is 0 Å². The molecule has 0 saturated carbocycles. The summed E-state index contributed by atoms with van der Waals surface area (Å²) in [5.74, 6) is -0.776. The van der Waals surface area contributed by atoms with Crippen LogP contribution in [0.25, 0.3) is 0 Å². The molecule has 2 nitrogen and oxygen atoms in total. The van der Waals surface area contributed by atoms with Gasteiger partial charge in [0.05, 0.1) is 6.42 Å². The Morgan fingerprint density at radius 1 is 1.07 bits per heavy atom. The van der Waals surface area contributed by atoms with E-state index in [-0.39, 0.29) is 6.42 Å². The first-order valence-electron chi connectivity index (χ1n) is 4.82. The molecule has 0 atom stereocenters. The van der Waals surface area contributed by atoms with Gasteiger partial charge in [0.2, 0.25) is 0 Å². The number of halogens is 1. The van der Waals surface area contributed by atoms with Crippen LogP contribution in [0.5, 0.6) is 0 Å². The highest BCUT2D eigenvalue weighted by atomic mass is 79.9. The topological polar surface area (TPSA) is 37.3 Å². The lowest BCUT2D eigenvalue weighted by Crippen LogP contribution is -2.07. The maximum Gasteiger partial charge on any atom is 0.307 e. The molecule has 1 aromatic rings. The summed E-state index contributed by atoms with van der Waals surface area (Å²) in [5, 5.41) is 8.86. The van der Waals surface area contributed by atoms with Gasteiger partial charge in [-0.3, -0.25) is 4.79 Å². The average Bonchev–Trinajstić information content (AvgIpc) is 2.18. The lowest BCUT2D eigenvalue weighted by atomic mass is 9.92. The Hall–Kier alpha value is -0.830. The molecule has 0 fully saturated rings. The molecule has 1 N–H and O–H groups in total. The third-order valence-corrected chi connectivity index (χ3v) is 4.21. The SMILES string of the molecule is Cc1c(C)c(CC(=O)O)c(C)c(C)c1Br. The van der Waals surface area contributed by atoms with Crippen molar-refractivity contribution in [3.05, 3.63) is 32.3 Å². The summed E-state index contributed by atoms with van der Waals surface area (Å²) in [6, 6.07) is 0. The van der Waals surface area contributed by atoms with Crippen LogP contribution in [0.15, 0.2) is 4.47 Å². The number of hydrogen-bond acceptors (Lipinski definition) is 1. The minimum absolute atomic E-state index is 0.104. The van der Waals surface area contributed by atoms with Gasteiger partial charge in [0, 0.05) is 4.47 Å². The van der Waals surface area contributed by atoms with Crippen LogP contribution in [-0.4, -0.2) is 11.1 Å². The average molecular weight is 271 g/mol. The number of carboxylic acid groups (broad SMARTS) is 1. The first-order chi connectivity index (χ1) is 6.86. The third kappa shape index (κ3) is 2.23. The first kappa shape index (κ1) is 12.2. The predicted molar refractivity (Wildman–Crippen MR) is 64.4 cm³/mol. The van der Waals surface area contributed by atoms with E-state index >= 15 is 0 Å². The molecule has 0 aromatic heterocycles. The normalized spacial score (nSPS) is 10.5. The number of rotatable bonds is 2. The summed E-state index contributed by atoms with van der Waals surface area (Å²) in [6.07, 6.45) is 0.104. The van der Waals surface area contributed by atoms with Crippen molar-refractivity contribution in [2.24, 2.45) is 0 Å². The van der Waals surface area contributed by atoms with E-state index < -0.39 is 5.97 Å². The Morgan fingerprint density at radius 3 is 1.80 bits per heavy atom. The van der Waals surface area contributed by atoms with E-state index in [2.05, 4.69) is 15.9 Å². The van der Waals surface area contributed by atoms with Gasteiger partial charge in [0.1, 0.15) is 0 Å². The lowest BCUT2D eigenvalue weighted by molar-refractivity contribution is -0.136. The Labute approximate surface area is 98.4 Å². The molecule has 1 aromatic carbocycles. The molecule has 0 saturated heterocycles. The highest BCUT2D eigenvalue weighted by Crippen LogP contribution is 2.30. The van der Waals surface area contributed by atoms with E-state index in [1.165, 1.54) is 0 Å². The quantitative estimate of drug-likeness (QED) is 0.896. The molecule has 3 heteroatoms. The molecule has 0 radical (unpaired) electrons. The summed E-state index contributed by atoms with van der Waals surface area (Å²) in [4.78, 5) is 10.8. The van der Waals surface area contributed by atoms with Gasteiger partial charge >= 0.3 is 5.97 Å². The van der Waals surface area contributed by atoms with Gasteiger partial charge in [0.25, 0.3) is 0 Å². The van der Waals surface area contributed by atoms with Crippen molar-refractivity contribution in [1.29, 1.82) is 0 Å². The van der Waals surface area contributed by atoms with Crippen LogP contribution in [0.2, 0.25) is 0 Å². The van der Waals surface area contributed by atoms with Crippen molar-refractivity contribution in [3.8, 4) is 0 Å². The Morgan fingerprint density at radius 2 is 1.47 bits per heavy atom. The van der Waals surface area contributed by atoms with Crippen LogP contribution < -0.4 is 0 Å². The molecule has 82 valence electrons. The van der Waals surface area contributed by atoms with Crippen LogP contribution in [0.3, 0.4) is 0 Å². The number of carboxylic acids is 1. The number of hydrogen-bond donors (Lipinski definition) is 1. The molecule has 0 aliphatic carbocycles. The molecule has 0 spiro atoms. The van der Waals surface area contributed by atoms with E-state index in [0.29, 0.717) is 0 Å². The summed E-state index contributed by atoms with van der Waals surface area (Å²) < 4.78 is 1.09. The molecular formula is C12H15BrO2. The summed E-state index contributed by atoms with van der Waals surface area (Å²) in [5.41, 5.74) is 5.36. The molecule has 0 aliphatic heterocycles. The zero-order chi connectivity index (χ0) is 11.7. The molecule has 1 rings (SSSR count). The molecule has 0 unspecified atom stereocenters. The molecule has 0 bridgehead atoms. The first-order valence-corrected chi connectivity index (χ1v) is 5.62. The highest BCUT2D eigenvalue weighted by molar-refractivity contribution is 9.10. The zero-order valence-electron chi connectivity index (χ0n) is 9.44. The van der Waals surface area contributed by atoms with Gasteiger partial charge in [-0.05, 0) is 55.5 Å². The molecule has 0 heterocycles. The molecule has 15 heavy (non-hydrogen) atoms. The van der Waals surface area contributed by atoms with Crippen LogP contribution in [0.4, 0.5) is 0 Å². The Balaban J connectivity index is 3.45. The summed E-state index contributed by atoms with van der Waals surface area (Å²) >= 11 is 3.53. The Bertz CT molecular complexity index is 393. The molecule has 0 amide bonds. The van der Waals surface area contributed by atoms with Gasteiger partial charge in [-0.15, -0.1) is 0 Å². The van der Waals surface area contributed by atoms with Gasteiger partial charge in [0.15, 0.2) is 0 Å². The van der Waals surface area contributed by atoms with Crippen molar-refractivity contribution < 1.29 is 9.90 Å². The smallest absolute Gasteiger partial charge is 0.307 e. The third-order valence-electron chi connectivity index (χ3n) is 3.02. The summed E-state index contributed by atoms with van der Waals surface area (Å²) in [6.45, 7) is 7.98. The zero-order valence-corrected chi connectivity index (χ0v) is 11.0. The number of aliphatic carboxylic acids is 1. The fourth-order valence-corrected chi connectivity index (χ4v) is 2.36. The fourth-order valence-electron chi connectivity index (χ4n) is 1.76.